The molecule has 1 amide bonds. The summed E-state index contributed by atoms with van der Waals surface area (Å²) in [5.41, 5.74) is 6.85. The Morgan fingerprint density at radius 1 is 1.25 bits per heavy atom. The van der Waals surface area contributed by atoms with Gasteiger partial charge in [-0.3, -0.25) is 14.9 Å². The predicted molar refractivity (Wildman–Crippen MR) is 93.7 cm³/mol. The first-order valence-electron chi connectivity index (χ1n) is 8.32. The molecule has 2 unspecified atom stereocenters. The third-order valence-corrected chi connectivity index (χ3v) is 5.43. The van der Waals surface area contributed by atoms with Gasteiger partial charge >= 0.3 is 0 Å². The Hall–Kier alpha value is -1.66. The Bertz CT molecular complexity index is 596. The molecule has 2 aliphatic rings. The molecule has 3 N–H and O–H groups in total. The van der Waals surface area contributed by atoms with Crippen LogP contribution in [0.15, 0.2) is 24.3 Å². The van der Waals surface area contributed by atoms with Crippen LogP contribution in [0.4, 0.5) is 5.69 Å². The monoisotopic (exact) mass is 353 g/mol. The number of nitrogens with one attached hydrogen (secondary N) is 1. The standard InChI is InChI=1S/C17H23N3O3.ClH/c18-16-11-5-3-6-12(16)9-14(8-11)17(21)19-10-13-4-1-2-7-15(13)20(22)23;/h1-2,4,7,11-12,14,16H,3,5-6,8-10,18H2,(H,19,21);1H. The van der Waals surface area contributed by atoms with E-state index >= 15 is 0 Å². The number of rotatable bonds is 4. The van der Waals surface area contributed by atoms with Crippen molar-refractivity contribution in [2.45, 2.75) is 44.7 Å². The zero-order valence-electron chi connectivity index (χ0n) is 13.5. The van der Waals surface area contributed by atoms with Crippen molar-refractivity contribution < 1.29 is 9.72 Å². The number of amides is 1. The Labute approximate surface area is 147 Å². The van der Waals surface area contributed by atoms with Crippen LogP contribution < -0.4 is 11.1 Å². The number of carbonyl (C=O) groups is 1. The molecule has 24 heavy (non-hydrogen) atoms. The number of carbonyl (C=O) groups excluding carboxylic acids is 1. The molecule has 0 aliphatic heterocycles. The van der Waals surface area contributed by atoms with Crippen LogP contribution in [0.3, 0.4) is 0 Å². The van der Waals surface area contributed by atoms with Gasteiger partial charge in [-0.15, -0.1) is 12.4 Å². The first kappa shape index (κ1) is 18.7. The highest BCUT2D eigenvalue weighted by atomic mass is 35.5. The van der Waals surface area contributed by atoms with Crippen molar-refractivity contribution in [2.75, 3.05) is 0 Å². The molecule has 2 fully saturated rings. The third kappa shape index (κ3) is 3.87. The summed E-state index contributed by atoms with van der Waals surface area (Å²) in [6, 6.07) is 6.77. The average molecular weight is 354 g/mol. The van der Waals surface area contributed by atoms with Gasteiger partial charge in [0, 0.05) is 30.1 Å². The van der Waals surface area contributed by atoms with E-state index in [4.69, 9.17) is 5.73 Å². The molecule has 132 valence electrons. The van der Waals surface area contributed by atoms with Gasteiger partial charge in [0.05, 0.1) is 4.92 Å². The minimum atomic E-state index is -0.411. The second-order valence-electron chi connectivity index (χ2n) is 6.80. The van der Waals surface area contributed by atoms with Gasteiger partial charge in [-0.1, -0.05) is 24.6 Å². The predicted octanol–water partition coefficient (Wildman–Crippen LogP) is 2.79. The molecule has 2 aliphatic carbocycles. The van der Waals surface area contributed by atoms with E-state index in [0.29, 0.717) is 17.4 Å². The summed E-state index contributed by atoms with van der Waals surface area (Å²) in [6.45, 7) is 0.202. The fourth-order valence-corrected chi connectivity index (χ4v) is 4.17. The Morgan fingerprint density at radius 2 is 1.88 bits per heavy atom. The number of nitro groups is 1. The highest BCUT2D eigenvalue weighted by molar-refractivity contribution is 5.85. The summed E-state index contributed by atoms with van der Waals surface area (Å²) in [4.78, 5) is 23.1. The van der Waals surface area contributed by atoms with Crippen LogP contribution >= 0.6 is 12.4 Å². The summed E-state index contributed by atoms with van der Waals surface area (Å²) in [6.07, 6.45) is 5.14. The van der Waals surface area contributed by atoms with Crippen molar-refractivity contribution in [2.24, 2.45) is 23.5 Å². The molecule has 6 nitrogen and oxygen atoms in total. The van der Waals surface area contributed by atoms with Crippen LogP contribution in [-0.4, -0.2) is 16.9 Å². The topological polar surface area (TPSA) is 98.3 Å². The first-order chi connectivity index (χ1) is 11.1. The molecule has 2 bridgehead atoms. The van der Waals surface area contributed by atoms with Gasteiger partial charge in [-0.05, 0) is 37.5 Å². The van der Waals surface area contributed by atoms with Gasteiger partial charge in [-0.2, -0.15) is 0 Å². The number of halogens is 1. The lowest BCUT2D eigenvalue weighted by atomic mass is 9.65. The molecule has 2 atom stereocenters. The second kappa shape index (κ2) is 7.94. The smallest absolute Gasteiger partial charge is 0.274 e. The van der Waals surface area contributed by atoms with Crippen LogP contribution in [0, 0.1) is 27.9 Å². The molecule has 2 saturated carbocycles. The molecular formula is C17H24ClN3O3. The van der Waals surface area contributed by atoms with Crippen LogP contribution in [0.2, 0.25) is 0 Å². The van der Waals surface area contributed by atoms with Crippen molar-refractivity contribution in [1.82, 2.24) is 5.32 Å². The number of hydrogen-bond donors (Lipinski definition) is 2. The van der Waals surface area contributed by atoms with E-state index < -0.39 is 4.92 Å². The van der Waals surface area contributed by atoms with Crippen molar-refractivity contribution in [3.63, 3.8) is 0 Å². The number of nitro benzene ring substituents is 1. The van der Waals surface area contributed by atoms with Crippen LogP contribution in [-0.2, 0) is 11.3 Å². The van der Waals surface area contributed by atoms with Gasteiger partial charge in [0.2, 0.25) is 5.91 Å². The second-order valence-corrected chi connectivity index (χ2v) is 6.80. The summed E-state index contributed by atoms with van der Waals surface area (Å²) >= 11 is 0. The number of benzene rings is 1. The zero-order chi connectivity index (χ0) is 16.4. The maximum absolute atomic E-state index is 12.5. The highest BCUT2D eigenvalue weighted by Gasteiger charge is 2.40. The number of nitrogens with zero attached hydrogens (tertiary/aromatic N) is 1. The summed E-state index contributed by atoms with van der Waals surface area (Å²) in [5, 5.41) is 13.9. The van der Waals surface area contributed by atoms with Gasteiger partial charge in [-0.25, -0.2) is 0 Å². The lowest BCUT2D eigenvalue weighted by Crippen LogP contribution is -2.49. The van der Waals surface area contributed by atoms with E-state index in [1.54, 1.807) is 18.2 Å². The van der Waals surface area contributed by atoms with E-state index in [1.165, 1.54) is 12.5 Å². The maximum atomic E-state index is 12.5. The molecule has 7 heteroatoms. The Kier molecular flexibility index (Phi) is 6.18. The number of para-hydroxylation sites is 1. The van der Waals surface area contributed by atoms with Gasteiger partial charge in [0.25, 0.3) is 5.69 Å². The van der Waals surface area contributed by atoms with Gasteiger partial charge < -0.3 is 11.1 Å². The quantitative estimate of drug-likeness (QED) is 0.642. The molecule has 0 aromatic heterocycles. The van der Waals surface area contributed by atoms with E-state index in [0.717, 1.165) is 25.7 Å². The summed E-state index contributed by atoms with van der Waals surface area (Å²) in [7, 11) is 0. The first-order valence-corrected chi connectivity index (χ1v) is 8.32. The number of fused-ring (bicyclic) bond motifs is 2. The number of nitrogens with two attached hydrogens (primary N) is 1. The minimum Gasteiger partial charge on any atom is -0.352 e. The fraction of sp³-hybridized carbons (Fsp3) is 0.588. The normalized spacial score (nSPS) is 28.5. The summed E-state index contributed by atoms with van der Waals surface area (Å²) < 4.78 is 0. The van der Waals surface area contributed by atoms with E-state index in [2.05, 4.69) is 5.32 Å². The van der Waals surface area contributed by atoms with Crippen molar-refractivity contribution in [3.8, 4) is 0 Å². The lowest BCUT2D eigenvalue weighted by Gasteiger charge is -2.43. The molecular weight excluding hydrogens is 330 g/mol. The SMILES string of the molecule is Cl.NC1C2CCCC1CC(C(=O)NCc1ccccc1[N+](=O)[O-])C2. The highest BCUT2D eigenvalue weighted by Crippen LogP contribution is 2.41. The van der Waals surface area contributed by atoms with Crippen LogP contribution in [0.5, 0.6) is 0 Å². The molecule has 1 aromatic rings. The lowest BCUT2D eigenvalue weighted by molar-refractivity contribution is -0.385. The van der Waals surface area contributed by atoms with E-state index in [-0.39, 0.29) is 42.5 Å². The largest absolute Gasteiger partial charge is 0.352 e. The van der Waals surface area contributed by atoms with Crippen molar-refractivity contribution in [3.05, 3.63) is 39.9 Å². The van der Waals surface area contributed by atoms with Crippen LogP contribution in [0.1, 0.15) is 37.7 Å². The molecule has 0 radical (unpaired) electrons. The molecule has 3 rings (SSSR count). The minimum absolute atomic E-state index is 0. The zero-order valence-corrected chi connectivity index (χ0v) is 14.3. The molecule has 1 aromatic carbocycles. The van der Waals surface area contributed by atoms with Gasteiger partial charge in [0.15, 0.2) is 0 Å². The fourth-order valence-electron chi connectivity index (χ4n) is 4.17. The molecule has 0 saturated heterocycles. The average Bonchev–Trinajstić information content (AvgIpc) is 2.52. The Morgan fingerprint density at radius 3 is 2.50 bits per heavy atom. The Balaban J connectivity index is 0.00000208. The summed E-state index contributed by atoms with van der Waals surface area (Å²) in [5.74, 6) is 0.897. The van der Waals surface area contributed by atoms with E-state index in [1.807, 2.05) is 0 Å². The van der Waals surface area contributed by atoms with Crippen molar-refractivity contribution >= 4 is 24.0 Å². The van der Waals surface area contributed by atoms with E-state index in [9.17, 15) is 14.9 Å². The van der Waals surface area contributed by atoms with Crippen LogP contribution in [0.25, 0.3) is 0 Å². The third-order valence-electron chi connectivity index (χ3n) is 5.43. The number of hydrogen-bond acceptors (Lipinski definition) is 4. The van der Waals surface area contributed by atoms with Crippen molar-refractivity contribution in [1.29, 1.82) is 0 Å². The van der Waals surface area contributed by atoms with Gasteiger partial charge in [0.1, 0.15) is 0 Å². The molecule has 0 spiro atoms. The maximum Gasteiger partial charge on any atom is 0.274 e. The molecule has 0 heterocycles.